The van der Waals surface area contributed by atoms with Crippen molar-refractivity contribution in [2.75, 3.05) is 6.61 Å². The fourth-order valence-electron chi connectivity index (χ4n) is 2.13. The molecule has 0 saturated carbocycles. The zero-order chi connectivity index (χ0) is 15.3. The van der Waals surface area contributed by atoms with Crippen molar-refractivity contribution in [3.63, 3.8) is 0 Å². The predicted octanol–water partition coefficient (Wildman–Crippen LogP) is 3.60. The summed E-state index contributed by atoms with van der Waals surface area (Å²) in [4.78, 5) is 0. The van der Waals surface area contributed by atoms with Gasteiger partial charge in [0.25, 0.3) is 0 Å². The third-order valence-corrected chi connectivity index (χ3v) is 3.47. The number of hydrogen-bond donors (Lipinski definition) is 1. The highest BCUT2D eigenvalue weighted by atomic mass is 16.5. The lowest BCUT2D eigenvalue weighted by Crippen LogP contribution is -2.22. The molecular weight excluding hydrogens is 262 g/mol. The standard InChI is InChI=1S/C18H19NO2/c1-3-12-21-17-10-8-16(9-11-17)18(2,20)15-6-4-14(13-19)5-7-15/h4-11,20H,3,12H2,1-2H3. The molecule has 1 unspecified atom stereocenters. The van der Waals surface area contributed by atoms with Crippen LogP contribution in [0.1, 0.15) is 37.0 Å². The predicted molar refractivity (Wildman–Crippen MR) is 82.1 cm³/mol. The third kappa shape index (κ3) is 3.42. The Balaban J connectivity index is 2.23. The molecule has 0 aliphatic rings. The maximum absolute atomic E-state index is 10.8. The average molecular weight is 281 g/mol. The minimum absolute atomic E-state index is 0.581. The molecule has 2 aromatic rings. The molecule has 2 aromatic carbocycles. The van der Waals surface area contributed by atoms with Crippen molar-refractivity contribution in [2.45, 2.75) is 25.9 Å². The van der Waals surface area contributed by atoms with Gasteiger partial charge in [0.05, 0.1) is 18.2 Å². The molecule has 21 heavy (non-hydrogen) atoms. The summed E-state index contributed by atoms with van der Waals surface area (Å²) in [5, 5.41) is 19.6. The normalized spacial score (nSPS) is 13.2. The van der Waals surface area contributed by atoms with Crippen molar-refractivity contribution >= 4 is 0 Å². The summed E-state index contributed by atoms with van der Waals surface area (Å²) in [6.45, 7) is 4.49. The Morgan fingerprint density at radius 2 is 1.57 bits per heavy atom. The molecule has 108 valence electrons. The first-order chi connectivity index (χ1) is 10.1. The fraction of sp³-hybridized carbons (Fsp3) is 0.278. The van der Waals surface area contributed by atoms with Crippen LogP contribution in [0.25, 0.3) is 0 Å². The van der Waals surface area contributed by atoms with Crippen molar-refractivity contribution in [2.24, 2.45) is 0 Å². The summed E-state index contributed by atoms with van der Waals surface area (Å²) in [6, 6.07) is 16.5. The van der Waals surface area contributed by atoms with Gasteiger partial charge >= 0.3 is 0 Å². The molecule has 1 atom stereocenters. The smallest absolute Gasteiger partial charge is 0.119 e. The van der Waals surface area contributed by atoms with Gasteiger partial charge in [0.2, 0.25) is 0 Å². The molecule has 0 heterocycles. The topological polar surface area (TPSA) is 53.2 Å². The molecular formula is C18H19NO2. The van der Waals surface area contributed by atoms with E-state index in [9.17, 15) is 5.11 Å². The molecule has 0 aliphatic carbocycles. The van der Waals surface area contributed by atoms with Crippen molar-refractivity contribution in [3.8, 4) is 11.8 Å². The quantitative estimate of drug-likeness (QED) is 0.911. The molecule has 0 fully saturated rings. The van der Waals surface area contributed by atoms with Crippen LogP contribution in [0.3, 0.4) is 0 Å². The van der Waals surface area contributed by atoms with Gasteiger partial charge in [-0.1, -0.05) is 31.2 Å². The number of ether oxygens (including phenoxy) is 1. The molecule has 0 spiro atoms. The second-order valence-corrected chi connectivity index (χ2v) is 5.13. The van der Waals surface area contributed by atoms with E-state index in [-0.39, 0.29) is 0 Å². The highest BCUT2D eigenvalue weighted by molar-refractivity contribution is 5.40. The van der Waals surface area contributed by atoms with E-state index in [1.807, 2.05) is 24.3 Å². The van der Waals surface area contributed by atoms with Gasteiger partial charge in [-0.2, -0.15) is 5.26 Å². The van der Waals surface area contributed by atoms with Gasteiger partial charge < -0.3 is 9.84 Å². The van der Waals surface area contributed by atoms with E-state index in [2.05, 4.69) is 13.0 Å². The molecule has 3 nitrogen and oxygen atoms in total. The first kappa shape index (κ1) is 15.1. The number of nitriles is 1. The van der Waals surface area contributed by atoms with Crippen molar-refractivity contribution < 1.29 is 9.84 Å². The van der Waals surface area contributed by atoms with Gasteiger partial charge in [0.15, 0.2) is 0 Å². The van der Waals surface area contributed by atoms with Gasteiger partial charge in [-0.05, 0) is 48.7 Å². The second-order valence-electron chi connectivity index (χ2n) is 5.13. The minimum atomic E-state index is -1.10. The summed E-state index contributed by atoms with van der Waals surface area (Å²) in [5.74, 6) is 0.802. The molecule has 0 amide bonds. The lowest BCUT2D eigenvalue weighted by atomic mass is 9.88. The Labute approximate surface area is 125 Å². The molecule has 0 bridgehead atoms. The van der Waals surface area contributed by atoms with Crippen LogP contribution in [0, 0.1) is 11.3 Å². The van der Waals surface area contributed by atoms with Crippen molar-refractivity contribution in [1.29, 1.82) is 5.26 Å². The lowest BCUT2D eigenvalue weighted by Gasteiger charge is -2.24. The molecule has 2 rings (SSSR count). The Kier molecular flexibility index (Phi) is 4.62. The first-order valence-corrected chi connectivity index (χ1v) is 7.04. The molecule has 1 N–H and O–H groups in total. The highest BCUT2D eigenvalue weighted by Crippen LogP contribution is 2.30. The summed E-state index contributed by atoms with van der Waals surface area (Å²) in [6.07, 6.45) is 0.963. The molecule has 0 saturated heterocycles. The summed E-state index contributed by atoms with van der Waals surface area (Å²) in [7, 11) is 0. The average Bonchev–Trinajstić information content (AvgIpc) is 2.53. The van der Waals surface area contributed by atoms with Crippen LogP contribution < -0.4 is 4.74 Å². The van der Waals surface area contributed by atoms with Crippen LogP contribution in [-0.4, -0.2) is 11.7 Å². The largest absolute Gasteiger partial charge is 0.494 e. The monoisotopic (exact) mass is 281 g/mol. The van der Waals surface area contributed by atoms with Crippen LogP contribution in [0.15, 0.2) is 48.5 Å². The van der Waals surface area contributed by atoms with Gasteiger partial charge in [-0.25, -0.2) is 0 Å². The maximum Gasteiger partial charge on any atom is 0.119 e. The Morgan fingerprint density at radius 3 is 2.05 bits per heavy atom. The van der Waals surface area contributed by atoms with Crippen molar-refractivity contribution in [3.05, 3.63) is 65.2 Å². The second kappa shape index (κ2) is 6.43. The van der Waals surface area contributed by atoms with Crippen LogP contribution in [0.2, 0.25) is 0 Å². The Morgan fingerprint density at radius 1 is 1.05 bits per heavy atom. The number of hydrogen-bond acceptors (Lipinski definition) is 3. The van der Waals surface area contributed by atoms with Gasteiger partial charge in [0, 0.05) is 0 Å². The zero-order valence-electron chi connectivity index (χ0n) is 12.3. The van der Waals surface area contributed by atoms with Crippen LogP contribution in [0.5, 0.6) is 5.75 Å². The summed E-state index contributed by atoms with van der Waals surface area (Å²) < 4.78 is 5.54. The number of nitrogens with zero attached hydrogens (tertiary/aromatic N) is 1. The van der Waals surface area contributed by atoms with Gasteiger partial charge in [0.1, 0.15) is 11.4 Å². The zero-order valence-corrected chi connectivity index (χ0v) is 12.3. The third-order valence-electron chi connectivity index (χ3n) is 3.47. The molecule has 0 aliphatic heterocycles. The number of benzene rings is 2. The number of rotatable bonds is 5. The molecule has 3 heteroatoms. The van der Waals surface area contributed by atoms with E-state index in [4.69, 9.17) is 10.00 Å². The minimum Gasteiger partial charge on any atom is -0.494 e. The molecule has 0 radical (unpaired) electrons. The van der Waals surface area contributed by atoms with E-state index >= 15 is 0 Å². The lowest BCUT2D eigenvalue weighted by molar-refractivity contribution is 0.102. The van der Waals surface area contributed by atoms with E-state index in [0.29, 0.717) is 12.2 Å². The SMILES string of the molecule is CCCOc1ccc(C(C)(O)c2ccc(C#N)cc2)cc1. The highest BCUT2D eigenvalue weighted by Gasteiger charge is 2.25. The van der Waals surface area contributed by atoms with E-state index in [1.165, 1.54) is 0 Å². The fourth-order valence-corrected chi connectivity index (χ4v) is 2.13. The van der Waals surface area contributed by atoms with Gasteiger partial charge in [-0.3, -0.25) is 0 Å². The van der Waals surface area contributed by atoms with Crippen LogP contribution >= 0.6 is 0 Å². The Hall–Kier alpha value is -2.31. The van der Waals surface area contributed by atoms with Gasteiger partial charge in [-0.15, -0.1) is 0 Å². The Bertz CT molecular complexity index is 622. The maximum atomic E-state index is 10.8. The summed E-state index contributed by atoms with van der Waals surface area (Å²) in [5.41, 5.74) is 1.02. The van der Waals surface area contributed by atoms with E-state index < -0.39 is 5.60 Å². The van der Waals surface area contributed by atoms with E-state index in [1.54, 1.807) is 31.2 Å². The molecule has 0 aromatic heterocycles. The first-order valence-electron chi connectivity index (χ1n) is 7.04. The van der Waals surface area contributed by atoms with Crippen LogP contribution in [-0.2, 0) is 5.60 Å². The number of aliphatic hydroxyl groups is 1. The van der Waals surface area contributed by atoms with E-state index in [0.717, 1.165) is 23.3 Å². The summed E-state index contributed by atoms with van der Waals surface area (Å²) >= 11 is 0. The van der Waals surface area contributed by atoms with Crippen molar-refractivity contribution in [1.82, 2.24) is 0 Å². The van der Waals surface area contributed by atoms with Crippen LogP contribution in [0.4, 0.5) is 0 Å².